The molecular weight excluding hydrogens is 288 g/mol. The lowest BCUT2D eigenvalue weighted by Gasteiger charge is -2.13. The second kappa shape index (κ2) is 5.99. The van der Waals surface area contributed by atoms with Crippen LogP contribution in [0, 0.1) is 6.92 Å². The molecule has 0 fully saturated rings. The molecule has 5 nitrogen and oxygen atoms in total. The predicted octanol–water partition coefficient (Wildman–Crippen LogP) is 2.35. The molecule has 21 heavy (non-hydrogen) atoms. The maximum absolute atomic E-state index is 12.2. The minimum absolute atomic E-state index is 0.180. The number of carbonyl (C=O) groups excluding carboxylic acids is 1. The van der Waals surface area contributed by atoms with Crippen molar-refractivity contribution in [3.05, 3.63) is 38.4 Å². The quantitative estimate of drug-likeness (QED) is 0.909. The summed E-state index contributed by atoms with van der Waals surface area (Å²) in [5.41, 5.74) is 3.25. The third-order valence-electron chi connectivity index (χ3n) is 3.95. The minimum atomic E-state index is -0.299. The van der Waals surface area contributed by atoms with Crippen LogP contribution in [-0.4, -0.2) is 16.2 Å². The fraction of sp³-hybridized carbons (Fsp3) is 0.467. The number of amides is 1. The van der Waals surface area contributed by atoms with Crippen LogP contribution in [0.15, 0.2) is 9.90 Å². The molecule has 6 heteroatoms. The summed E-state index contributed by atoms with van der Waals surface area (Å²) in [6.07, 6.45) is 4.75. The van der Waals surface area contributed by atoms with Crippen molar-refractivity contribution in [2.24, 2.45) is 0 Å². The average molecular weight is 306 g/mol. The van der Waals surface area contributed by atoms with E-state index in [2.05, 4.69) is 15.9 Å². The van der Waals surface area contributed by atoms with E-state index in [-0.39, 0.29) is 18.2 Å². The zero-order valence-electron chi connectivity index (χ0n) is 11.9. The first-order valence-electron chi connectivity index (χ1n) is 7.13. The summed E-state index contributed by atoms with van der Waals surface area (Å²) in [5, 5.41) is 18.0. The Morgan fingerprint density at radius 3 is 3.10 bits per heavy atom. The predicted molar refractivity (Wildman–Crippen MR) is 79.3 cm³/mol. The van der Waals surface area contributed by atoms with Crippen LogP contribution in [0.5, 0.6) is 0 Å². The standard InChI is InChI=1S/C15H18N2O3S/c1-9-12(7-18)14(17-20-9)15(19)16-6-10-8-21-13-5-3-2-4-11(10)13/h8,18H,2-7H2,1H3,(H,16,19). The van der Waals surface area contributed by atoms with Gasteiger partial charge in [0.15, 0.2) is 5.69 Å². The van der Waals surface area contributed by atoms with Gasteiger partial charge in [0.1, 0.15) is 5.76 Å². The summed E-state index contributed by atoms with van der Waals surface area (Å²) in [6.45, 7) is 1.94. The number of nitrogens with zero attached hydrogens (tertiary/aromatic N) is 1. The topological polar surface area (TPSA) is 75.4 Å². The van der Waals surface area contributed by atoms with Crippen LogP contribution < -0.4 is 5.32 Å². The first kappa shape index (κ1) is 14.3. The van der Waals surface area contributed by atoms with E-state index >= 15 is 0 Å². The van der Waals surface area contributed by atoms with Crippen LogP contribution in [0.25, 0.3) is 0 Å². The van der Waals surface area contributed by atoms with Gasteiger partial charge in [0.2, 0.25) is 0 Å². The Morgan fingerprint density at radius 1 is 1.48 bits per heavy atom. The number of aliphatic hydroxyl groups is 1. The third-order valence-corrected chi connectivity index (χ3v) is 5.08. The van der Waals surface area contributed by atoms with Crippen LogP contribution in [0.4, 0.5) is 0 Å². The molecule has 0 atom stereocenters. The van der Waals surface area contributed by atoms with Crippen molar-refractivity contribution in [2.45, 2.75) is 45.8 Å². The lowest BCUT2D eigenvalue weighted by molar-refractivity contribution is 0.0939. The zero-order valence-corrected chi connectivity index (χ0v) is 12.8. The van der Waals surface area contributed by atoms with Gasteiger partial charge in [0.25, 0.3) is 5.91 Å². The van der Waals surface area contributed by atoms with Gasteiger partial charge >= 0.3 is 0 Å². The molecule has 0 radical (unpaired) electrons. The smallest absolute Gasteiger partial charge is 0.274 e. The molecule has 0 bridgehead atoms. The van der Waals surface area contributed by atoms with Gasteiger partial charge in [-0.2, -0.15) is 0 Å². The van der Waals surface area contributed by atoms with Crippen molar-refractivity contribution in [3.63, 3.8) is 0 Å². The number of carbonyl (C=O) groups is 1. The molecule has 3 rings (SSSR count). The van der Waals surface area contributed by atoms with Crippen LogP contribution in [0.2, 0.25) is 0 Å². The SMILES string of the molecule is Cc1onc(C(=O)NCc2csc3c2CCCC3)c1CO. The maximum atomic E-state index is 12.2. The first-order valence-corrected chi connectivity index (χ1v) is 8.01. The molecule has 2 heterocycles. The Labute approximate surface area is 127 Å². The highest BCUT2D eigenvalue weighted by Crippen LogP contribution is 2.30. The van der Waals surface area contributed by atoms with Crippen molar-refractivity contribution in [2.75, 3.05) is 0 Å². The van der Waals surface area contributed by atoms with Crippen LogP contribution >= 0.6 is 11.3 Å². The zero-order chi connectivity index (χ0) is 14.8. The van der Waals surface area contributed by atoms with Gasteiger partial charge in [0.05, 0.1) is 12.2 Å². The largest absolute Gasteiger partial charge is 0.391 e. The lowest BCUT2D eigenvalue weighted by atomic mass is 9.96. The molecule has 1 aliphatic carbocycles. The second-order valence-electron chi connectivity index (χ2n) is 5.28. The molecular formula is C15H18N2O3S. The summed E-state index contributed by atoms with van der Waals surface area (Å²) in [4.78, 5) is 13.6. The summed E-state index contributed by atoms with van der Waals surface area (Å²) < 4.78 is 4.97. The van der Waals surface area contributed by atoms with Gasteiger partial charge in [-0.1, -0.05) is 5.16 Å². The molecule has 2 aromatic rings. The molecule has 0 unspecified atom stereocenters. The number of fused-ring (bicyclic) bond motifs is 1. The van der Waals surface area contributed by atoms with E-state index in [1.807, 2.05) is 0 Å². The number of aliphatic hydroxyl groups excluding tert-OH is 1. The van der Waals surface area contributed by atoms with Crippen molar-refractivity contribution in [3.8, 4) is 0 Å². The van der Waals surface area contributed by atoms with Crippen LogP contribution in [0.3, 0.4) is 0 Å². The molecule has 0 aliphatic heterocycles. The fourth-order valence-corrected chi connectivity index (χ4v) is 3.87. The first-order chi connectivity index (χ1) is 10.2. The Morgan fingerprint density at radius 2 is 2.29 bits per heavy atom. The van der Waals surface area contributed by atoms with Crippen molar-refractivity contribution in [1.29, 1.82) is 0 Å². The molecule has 112 valence electrons. The van der Waals surface area contributed by atoms with E-state index in [0.29, 0.717) is 17.9 Å². The maximum Gasteiger partial charge on any atom is 0.274 e. The number of nitrogens with one attached hydrogen (secondary N) is 1. The van der Waals surface area contributed by atoms with Gasteiger partial charge in [-0.05, 0) is 49.1 Å². The Bertz CT molecular complexity index is 660. The summed E-state index contributed by atoms with van der Waals surface area (Å²) in [7, 11) is 0. The molecule has 0 saturated heterocycles. The minimum Gasteiger partial charge on any atom is -0.391 e. The number of hydrogen-bond donors (Lipinski definition) is 2. The van der Waals surface area contributed by atoms with E-state index in [9.17, 15) is 9.90 Å². The van der Waals surface area contributed by atoms with E-state index in [0.717, 1.165) is 12.8 Å². The van der Waals surface area contributed by atoms with Crippen molar-refractivity contribution < 1.29 is 14.4 Å². The monoisotopic (exact) mass is 306 g/mol. The molecule has 1 amide bonds. The van der Waals surface area contributed by atoms with Crippen molar-refractivity contribution >= 4 is 17.2 Å². The highest BCUT2D eigenvalue weighted by atomic mass is 32.1. The summed E-state index contributed by atoms with van der Waals surface area (Å²) >= 11 is 1.79. The van der Waals surface area contributed by atoms with E-state index in [1.54, 1.807) is 18.3 Å². The molecule has 2 N–H and O–H groups in total. The number of rotatable bonds is 4. The highest BCUT2D eigenvalue weighted by Gasteiger charge is 2.20. The number of hydrogen-bond acceptors (Lipinski definition) is 5. The van der Waals surface area contributed by atoms with E-state index < -0.39 is 0 Å². The molecule has 1 aliphatic rings. The molecule has 0 spiro atoms. The molecule has 0 saturated carbocycles. The molecule has 0 aromatic carbocycles. The van der Waals surface area contributed by atoms with Crippen molar-refractivity contribution in [1.82, 2.24) is 10.5 Å². The third kappa shape index (κ3) is 2.73. The number of aromatic nitrogens is 1. The highest BCUT2D eigenvalue weighted by molar-refractivity contribution is 7.10. The second-order valence-corrected chi connectivity index (χ2v) is 6.24. The summed E-state index contributed by atoms with van der Waals surface area (Å²) in [5.74, 6) is 0.183. The van der Waals surface area contributed by atoms with Gasteiger partial charge in [0, 0.05) is 11.4 Å². The van der Waals surface area contributed by atoms with Gasteiger partial charge in [-0.15, -0.1) is 11.3 Å². The van der Waals surface area contributed by atoms with Crippen LogP contribution in [0.1, 0.15) is 50.7 Å². The van der Waals surface area contributed by atoms with Gasteiger partial charge in [-0.25, -0.2) is 0 Å². The fourth-order valence-electron chi connectivity index (χ4n) is 2.72. The summed E-state index contributed by atoms with van der Waals surface area (Å²) in [6, 6.07) is 0. The normalized spacial score (nSPS) is 14.0. The Hall–Kier alpha value is -1.66. The number of thiophene rings is 1. The average Bonchev–Trinajstić information content (AvgIpc) is 3.08. The number of aryl methyl sites for hydroxylation is 2. The Kier molecular flexibility index (Phi) is 4.07. The van der Waals surface area contributed by atoms with Gasteiger partial charge < -0.3 is 14.9 Å². The Balaban J connectivity index is 1.70. The lowest BCUT2D eigenvalue weighted by Crippen LogP contribution is -2.24. The molecule has 2 aromatic heterocycles. The van der Waals surface area contributed by atoms with E-state index in [1.165, 1.54) is 28.8 Å². The van der Waals surface area contributed by atoms with Gasteiger partial charge in [-0.3, -0.25) is 4.79 Å². The van der Waals surface area contributed by atoms with Crippen LogP contribution in [-0.2, 0) is 26.0 Å². The van der Waals surface area contributed by atoms with E-state index in [4.69, 9.17) is 4.52 Å².